The van der Waals surface area contributed by atoms with Gasteiger partial charge in [0.05, 0.1) is 44.2 Å². The molecule has 45 heavy (non-hydrogen) atoms. The van der Waals surface area contributed by atoms with Crippen molar-refractivity contribution in [3.05, 3.63) is 87.9 Å². The number of aliphatic hydroxyl groups is 1. The first kappa shape index (κ1) is 32.6. The van der Waals surface area contributed by atoms with E-state index in [1.165, 1.54) is 14.2 Å². The van der Waals surface area contributed by atoms with Crippen molar-refractivity contribution in [3.63, 3.8) is 0 Å². The highest BCUT2D eigenvalue weighted by Crippen LogP contribution is 2.35. The molecule has 238 valence electrons. The zero-order valence-corrected chi connectivity index (χ0v) is 26.0. The Morgan fingerprint density at radius 3 is 2.40 bits per heavy atom. The van der Waals surface area contributed by atoms with Gasteiger partial charge in [0.15, 0.2) is 17.7 Å². The quantitative estimate of drug-likeness (QED) is 0.103. The van der Waals surface area contributed by atoms with Gasteiger partial charge in [0, 0.05) is 28.3 Å². The van der Waals surface area contributed by atoms with Crippen LogP contribution in [0.2, 0.25) is 0 Å². The third-order valence-corrected chi connectivity index (χ3v) is 7.12. The molecule has 1 aromatic heterocycles. The van der Waals surface area contributed by atoms with E-state index in [0.717, 1.165) is 22.6 Å². The van der Waals surface area contributed by atoms with Crippen LogP contribution in [0.1, 0.15) is 52.8 Å². The van der Waals surface area contributed by atoms with Crippen molar-refractivity contribution in [3.8, 4) is 17.2 Å². The molecule has 2 amide bonds. The van der Waals surface area contributed by atoms with Gasteiger partial charge in [-0.2, -0.15) is 5.10 Å². The minimum absolute atomic E-state index is 0.154. The molecule has 0 spiro atoms. The number of nitrogens with zero attached hydrogens (tertiary/aromatic N) is 2. The van der Waals surface area contributed by atoms with Gasteiger partial charge in [-0.3, -0.25) is 5.43 Å². The SMILES string of the molecule is CCOc1cc([C@H]2NC(=O)NC(C)=C2C(=O)OC)ccc1OC[C@H](O)N/N=C\c1cc(C)n(-c2ccc(C(=O)OC)cc2)c1C. The summed E-state index contributed by atoms with van der Waals surface area (Å²) < 4.78 is 23.3. The van der Waals surface area contributed by atoms with Gasteiger partial charge in [0.2, 0.25) is 0 Å². The molecule has 13 heteroatoms. The van der Waals surface area contributed by atoms with Gasteiger partial charge in [0.1, 0.15) is 6.61 Å². The molecular weight excluding hydrogens is 582 g/mol. The summed E-state index contributed by atoms with van der Waals surface area (Å²) in [5.41, 5.74) is 7.95. The number of esters is 2. The number of methoxy groups -OCH3 is 2. The minimum Gasteiger partial charge on any atom is -0.490 e. The van der Waals surface area contributed by atoms with Crippen LogP contribution in [0.15, 0.2) is 64.9 Å². The number of rotatable bonds is 12. The first-order chi connectivity index (χ1) is 21.6. The molecular formula is C32H37N5O8. The molecule has 0 bridgehead atoms. The molecule has 0 fully saturated rings. The van der Waals surface area contributed by atoms with Crippen molar-refractivity contribution in [2.45, 2.75) is 40.0 Å². The highest BCUT2D eigenvalue weighted by Gasteiger charge is 2.32. The van der Waals surface area contributed by atoms with Gasteiger partial charge in [-0.15, -0.1) is 0 Å². The minimum atomic E-state index is -1.15. The van der Waals surface area contributed by atoms with Crippen LogP contribution >= 0.6 is 0 Å². The Kier molecular flexibility index (Phi) is 10.5. The maximum absolute atomic E-state index is 12.5. The summed E-state index contributed by atoms with van der Waals surface area (Å²) in [6.45, 7) is 7.52. The van der Waals surface area contributed by atoms with E-state index >= 15 is 0 Å². The average molecular weight is 620 g/mol. The van der Waals surface area contributed by atoms with E-state index in [2.05, 4.69) is 21.2 Å². The summed E-state index contributed by atoms with van der Waals surface area (Å²) in [6, 6.07) is 12.8. The van der Waals surface area contributed by atoms with Crippen LogP contribution in [0.25, 0.3) is 5.69 Å². The lowest BCUT2D eigenvalue weighted by atomic mass is 9.95. The monoisotopic (exact) mass is 619 g/mol. The van der Waals surface area contributed by atoms with E-state index in [1.807, 2.05) is 43.5 Å². The van der Waals surface area contributed by atoms with E-state index in [0.29, 0.717) is 34.9 Å². The third kappa shape index (κ3) is 7.44. The number of benzene rings is 2. The number of aromatic nitrogens is 1. The smallest absolute Gasteiger partial charge is 0.337 e. The maximum Gasteiger partial charge on any atom is 0.337 e. The number of amides is 2. The van der Waals surface area contributed by atoms with Crippen molar-refractivity contribution in [2.24, 2.45) is 5.10 Å². The molecule has 1 aliphatic heterocycles. The standard InChI is InChI=1S/C32H37N5O8/c1-7-44-26-15-22(29-28(31(40)43-6)19(3)34-32(41)35-29)10-13-25(26)45-17-27(38)36-33-16-23-14-18(2)37(20(23)4)24-11-8-21(9-12-24)30(39)42-5/h8-16,27,29,36,38H,7,17H2,1-6H3,(H2,34,35,41)/b33-16-/t27-,29+/m0/s1. The van der Waals surface area contributed by atoms with Crippen molar-refractivity contribution >= 4 is 24.2 Å². The van der Waals surface area contributed by atoms with Crippen molar-refractivity contribution in [1.82, 2.24) is 20.6 Å². The Morgan fingerprint density at radius 1 is 1.02 bits per heavy atom. The predicted molar refractivity (Wildman–Crippen MR) is 166 cm³/mol. The van der Waals surface area contributed by atoms with Crippen LogP contribution in [-0.4, -0.2) is 67.5 Å². The lowest BCUT2D eigenvalue weighted by Gasteiger charge is -2.28. The van der Waals surface area contributed by atoms with Gasteiger partial charge < -0.3 is 39.3 Å². The molecule has 4 rings (SSSR count). The number of hydrogen-bond donors (Lipinski definition) is 4. The topological polar surface area (TPSA) is 162 Å². The Hall–Kier alpha value is -5.30. The molecule has 0 saturated carbocycles. The van der Waals surface area contributed by atoms with Crippen molar-refractivity contribution < 1.29 is 38.4 Å². The van der Waals surface area contributed by atoms with E-state index in [-0.39, 0.29) is 12.2 Å². The number of carbonyl (C=O) groups is 3. The number of urea groups is 1. The molecule has 4 N–H and O–H groups in total. The van der Waals surface area contributed by atoms with Crippen LogP contribution in [0.5, 0.6) is 11.5 Å². The molecule has 13 nitrogen and oxygen atoms in total. The zero-order chi connectivity index (χ0) is 32.7. The molecule has 3 aromatic rings. The fraction of sp³-hybridized carbons (Fsp3) is 0.312. The Morgan fingerprint density at radius 2 is 1.73 bits per heavy atom. The van der Waals surface area contributed by atoms with Crippen LogP contribution in [0.4, 0.5) is 4.79 Å². The molecule has 0 radical (unpaired) electrons. The lowest BCUT2D eigenvalue weighted by Crippen LogP contribution is -2.45. The molecule has 0 aliphatic carbocycles. The average Bonchev–Trinajstić information content (AvgIpc) is 3.31. The second kappa shape index (κ2) is 14.4. The number of aliphatic hydroxyl groups excluding tert-OH is 1. The fourth-order valence-electron chi connectivity index (χ4n) is 5.00. The van der Waals surface area contributed by atoms with Crippen LogP contribution in [0.3, 0.4) is 0 Å². The summed E-state index contributed by atoms with van der Waals surface area (Å²) in [4.78, 5) is 36.4. The number of carbonyl (C=O) groups excluding carboxylic acids is 3. The summed E-state index contributed by atoms with van der Waals surface area (Å²) in [5, 5.41) is 20.0. The maximum atomic E-state index is 12.5. The van der Waals surface area contributed by atoms with Crippen LogP contribution in [-0.2, 0) is 14.3 Å². The fourth-order valence-corrected chi connectivity index (χ4v) is 5.00. The van der Waals surface area contributed by atoms with Gasteiger partial charge in [0.25, 0.3) is 0 Å². The van der Waals surface area contributed by atoms with Crippen LogP contribution < -0.4 is 25.5 Å². The second-order valence-corrected chi connectivity index (χ2v) is 10.1. The number of allylic oxidation sites excluding steroid dienone is 1. The highest BCUT2D eigenvalue weighted by atomic mass is 16.5. The van der Waals surface area contributed by atoms with E-state index in [4.69, 9.17) is 18.9 Å². The first-order valence-electron chi connectivity index (χ1n) is 14.2. The predicted octanol–water partition coefficient (Wildman–Crippen LogP) is 3.40. The molecule has 0 saturated heterocycles. The van der Waals surface area contributed by atoms with E-state index in [1.54, 1.807) is 43.5 Å². The van der Waals surface area contributed by atoms with E-state index < -0.39 is 30.2 Å². The van der Waals surface area contributed by atoms with Gasteiger partial charge >= 0.3 is 18.0 Å². The molecule has 2 heterocycles. The zero-order valence-electron chi connectivity index (χ0n) is 26.0. The normalized spacial score (nSPS) is 15.3. The van der Waals surface area contributed by atoms with E-state index in [9.17, 15) is 19.5 Å². The summed E-state index contributed by atoms with van der Waals surface area (Å²) >= 11 is 0. The summed E-state index contributed by atoms with van der Waals surface area (Å²) in [6.07, 6.45) is 0.456. The number of ether oxygens (including phenoxy) is 4. The molecule has 2 atom stereocenters. The lowest BCUT2D eigenvalue weighted by molar-refractivity contribution is -0.136. The molecule has 1 aliphatic rings. The molecule has 0 unspecified atom stereocenters. The van der Waals surface area contributed by atoms with Gasteiger partial charge in [-0.1, -0.05) is 6.07 Å². The van der Waals surface area contributed by atoms with Crippen molar-refractivity contribution in [2.75, 3.05) is 27.4 Å². The largest absolute Gasteiger partial charge is 0.490 e. The second-order valence-electron chi connectivity index (χ2n) is 10.1. The number of aryl methyl sites for hydroxylation is 1. The number of hydrogen-bond acceptors (Lipinski definition) is 10. The summed E-state index contributed by atoms with van der Waals surface area (Å²) in [7, 11) is 2.62. The third-order valence-electron chi connectivity index (χ3n) is 7.12. The van der Waals surface area contributed by atoms with Gasteiger partial charge in [-0.25, -0.2) is 14.4 Å². The number of nitrogens with one attached hydrogen (secondary N) is 3. The summed E-state index contributed by atoms with van der Waals surface area (Å²) in [5.74, 6) is -0.251. The highest BCUT2D eigenvalue weighted by molar-refractivity contribution is 5.95. The molecule has 2 aromatic carbocycles. The first-order valence-corrected chi connectivity index (χ1v) is 14.2. The Labute approximate surface area is 260 Å². The van der Waals surface area contributed by atoms with Crippen molar-refractivity contribution in [1.29, 1.82) is 0 Å². The Bertz CT molecular complexity index is 1630. The Balaban J connectivity index is 1.42. The van der Waals surface area contributed by atoms with Crippen LogP contribution in [0, 0.1) is 13.8 Å². The van der Waals surface area contributed by atoms with Gasteiger partial charge in [-0.05, 0) is 75.7 Å². The number of hydrazone groups is 1.